The van der Waals surface area contributed by atoms with Gasteiger partial charge in [0.1, 0.15) is 0 Å². The molecule has 1 aromatic carbocycles. The molecule has 4 heteroatoms. The minimum atomic E-state index is -1.87. The van der Waals surface area contributed by atoms with E-state index in [-0.39, 0.29) is 0 Å². The zero-order valence-electron chi connectivity index (χ0n) is 7.08. The number of benzene rings is 1. The fraction of sp³-hybridized carbons (Fsp3) is 0.100. The molecule has 0 heterocycles. The summed E-state index contributed by atoms with van der Waals surface area (Å²) < 4.78 is -1.87. The highest BCUT2D eigenvalue weighted by Crippen LogP contribution is 2.27. The van der Waals surface area contributed by atoms with Crippen LogP contribution in [0.1, 0.15) is 5.56 Å². The van der Waals surface area contributed by atoms with Gasteiger partial charge in [0, 0.05) is 0 Å². The molecule has 0 spiro atoms. The van der Waals surface area contributed by atoms with Gasteiger partial charge in [-0.25, -0.2) is 0 Å². The maximum absolute atomic E-state index is 11.2. The normalized spacial score (nSPS) is 11.9. The Morgan fingerprint density at radius 2 is 1.71 bits per heavy atom. The van der Waals surface area contributed by atoms with Gasteiger partial charge >= 0.3 is 0 Å². The van der Waals surface area contributed by atoms with Gasteiger partial charge < -0.3 is 0 Å². The minimum Gasteiger partial charge on any atom is -0.290 e. The fourth-order valence-electron chi connectivity index (χ4n) is 0.831. The lowest BCUT2D eigenvalue weighted by molar-refractivity contribution is -0.113. The second-order valence-corrected chi connectivity index (χ2v) is 4.89. The van der Waals surface area contributed by atoms with Gasteiger partial charge in [0.2, 0.25) is 5.78 Å². The smallest absolute Gasteiger partial charge is 0.252 e. The summed E-state index contributed by atoms with van der Waals surface area (Å²) in [5.41, 5.74) is 0.884. The zero-order valence-corrected chi connectivity index (χ0v) is 9.35. The first-order valence-corrected chi connectivity index (χ1v) is 4.98. The van der Waals surface area contributed by atoms with Gasteiger partial charge in [-0.2, -0.15) is 0 Å². The monoisotopic (exact) mass is 248 g/mol. The first-order chi connectivity index (χ1) is 6.50. The van der Waals surface area contributed by atoms with E-state index in [4.69, 9.17) is 34.8 Å². The lowest BCUT2D eigenvalue weighted by atomic mass is 10.2. The van der Waals surface area contributed by atoms with E-state index in [9.17, 15) is 4.79 Å². The van der Waals surface area contributed by atoms with E-state index in [1.807, 2.05) is 30.3 Å². The second-order valence-electron chi connectivity index (χ2n) is 2.61. The molecule has 74 valence electrons. The molecule has 0 aliphatic carbocycles. The van der Waals surface area contributed by atoms with Gasteiger partial charge in [-0.15, -0.1) is 0 Å². The largest absolute Gasteiger partial charge is 0.290 e. The number of hydrogen-bond donors (Lipinski definition) is 0. The van der Waals surface area contributed by atoms with Crippen LogP contribution in [0, 0.1) is 0 Å². The van der Waals surface area contributed by atoms with Crippen molar-refractivity contribution in [1.29, 1.82) is 0 Å². The number of hydrogen-bond acceptors (Lipinski definition) is 1. The van der Waals surface area contributed by atoms with Crippen LogP contribution in [0.15, 0.2) is 36.4 Å². The molecule has 1 nitrogen and oxygen atoms in total. The van der Waals surface area contributed by atoms with Crippen LogP contribution < -0.4 is 0 Å². The number of rotatable bonds is 2. The molecule has 1 aromatic rings. The molecule has 0 bridgehead atoms. The molecule has 0 unspecified atom stereocenters. The Hall–Kier alpha value is -0.500. The summed E-state index contributed by atoms with van der Waals surface area (Å²) >= 11 is 16.1. The van der Waals surface area contributed by atoms with Crippen molar-refractivity contribution in [2.45, 2.75) is 3.79 Å². The Balaban J connectivity index is 2.71. The summed E-state index contributed by atoms with van der Waals surface area (Å²) in [5.74, 6) is -0.550. The zero-order chi connectivity index (χ0) is 10.6. The molecular weight excluding hydrogens is 242 g/mol. The van der Waals surface area contributed by atoms with Crippen molar-refractivity contribution in [3.05, 3.63) is 42.0 Å². The third-order valence-electron chi connectivity index (χ3n) is 1.51. The number of halogens is 3. The van der Waals surface area contributed by atoms with Crippen LogP contribution in [0.5, 0.6) is 0 Å². The highest BCUT2D eigenvalue weighted by Gasteiger charge is 2.27. The molecule has 1 rings (SSSR count). The van der Waals surface area contributed by atoms with Crippen molar-refractivity contribution in [3.8, 4) is 0 Å². The average molecular weight is 250 g/mol. The molecule has 14 heavy (non-hydrogen) atoms. The SMILES string of the molecule is O=C(C=Cc1ccccc1)C(Cl)(Cl)Cl. The maximum atomic E-state index is 11.2. The molecule has 0 aromatic heterocycles. The van der Waals surface area contributed by atoms with Crippen LogP contribution in [0.2, 0.25) is 0 Å². The molecule has 0 fully saturated rings. The van der Waals surface area contributed by atoms with E-state index in [2.05, 4.69) is 0 Å². The Morgan fingerprint density at radius 3 is 2.21 bits per heavy atom. The van der Waals surface area contributed by atoms with E-state index in [0.29, 0.717) is 0 Å². The number of carbonyl (C=O) groups excluding carboxylic acids is 1. The molecule has 0 radical (unpaired) electrons. The van der Waals surface area contributed by atoms with Crippen LogP contribution in [0.3, 0.4) is 0 Å². The van der Waals surface area contributed by atoms with Gasteiger partial charge in [0.25, 0.3) is 3.79 Å². The van der Waals surface area contributed by atoms with E-state index >= 15 is 0 Å². The third-order valence-corrected chi connectivity index (χ3v) is 2.06. The Labute approximate surface area is 97.3 Å². The van der Waals surface area contributed by atoms with Crippen LogP contribution in [-0.2, 0) is 4.79 Å². The molecule has 0 amide bonds. The van der Waals surface area contributed by atoms with Crippen LogP contribution >= 0.6 is 34.8 Å². The molecule has 0 saturated heterocycles. The van der Waals surface area contributed by atoms with E-state index < -0.39 is 9.58 Å². The van der Waals surface area contributed by atoms with Gasteiger partial charge in [0.15, 0.2) is 0 Å². The summed E-state index contributed by atoms with van der Waals surface area (Å²) in [6, 6.07) is 9.30. The van der Waals surface area contributed by atoms with Crippen LogP contribution in [0.25, 0.3) is 6.08 Å². The quantitative estimate of drug-likeness (QED) is 0.578. The summed E-state index contributed by atoms with van der Waals surface area (Å²) in [4.78, 5) is 11.2. The third kappa shape index (κ3) is 3.70. The summed E-state index contributed by atoms with van der Waals surface area (Å²) in [5, 5.41) is 0. The summed E-state index contributed by atoms with van der Waals surface area (Å²) in [6.45, 7) is 0. The molecular formula is C10H7Cl3O. The molecule has 0 atom stereocenters. The highest BCUT2D eigenvalue weighted by molar-refractivity contribution is 6.77. The predicted molar refractivity (Wildman–Crippen MR) is 60.8 cm³/mol. The lowest BCUT2D eigenvalue weighted by Crippen LogP contribution is -2.15. The van der Waals surface area contributed by atoms with Crippen molar-refractivity contribution >= 4 is 46.7 Å². The van der Waals surface area contributed by atoms with E-state index in [1.165, 1.54) is 6.08 Å². The Morgan fingerprint density at radius 1 is 1.14 bits per heavy atom. The van der Waals surface area contributed by atoms with Gasteiger partial charge in [-0.05, 0) is 11.6 Å². The Kier molecular flexibility index (Phi) is 3.99. The van der Waals surface area contributed by atoms with Crippen LogP contribution in [0.4, 0.5) is 0 Å². The minimum absolute atomic E-state index is 0.550. The molecule has 0 aliphatic rings. The average Bonchev–Trinajstić information content (AvgIpc) is 2.14. The molecule has 0 saturated carbocycles. The molecule has 0 aliphatic heterocycles. The van der Waals surface area contributed by atoms with Gasteiger partial charge in [-0.3, -0.25) is 4.79 Å². The lowest BCUT2D eigenvalue weighted by Gasteiger charge is -2.04. The van der Waals surface area contributed by atoms with Crippen molar-refractivity contribution < 1.29 is 4.79 Å². The highest BCUT2D eigenvalue weighted by atomic mass is 35.6. The predicted octanol–water partition coefficient (Wildman–Crippen LogP) is 3.64. The number of allylic oxidation sites excluding steroid dienone is 1. The number of alkyl halides is 3. The topological polar surface area (TPSA) is 17.1 Å². The van der Waals surface area contributed by atoms with E-state index in [1.54, 1.807) is 6.08 Å². The van der Waals surface area contributed by atoms with Gasteiger partial charge in [-0.1, -0.05) is 71.2 Å². The summed E-state index contributed by atoms with van der Waals surface area (Å²) in [7, 11) is 0. The first-order valence-electron chi connectivity index (χ1n) is 3.84. The van der Waals surface area contributed by atoms with Crippen molar-refractivity contribution in [2.24, 2.45) is 0 Å². The van der Waals surface area contributed by atoms with Crippen molar-refractivity contribution in [3.63, 3.8) is 0 Å². The van der Waals surface area contributed by atoms with Gasteiger partial charge in [0.05, 0.1) is 0 Å². The number of carbonyl (C=O) groups is 1. The summed E-state index contributed by atoms with van der Waals surface area (Å²) in [6.07, 6.45) is 2.85. The van der Waals surface area contributed by atoms with Crippen molar-refractivity contribution in [2.75, 3.05) is 0 Å². The van der Waals surface area contributed by atoms with E-state index in [0.717, 1.165) is 5.56 Å². The second kappa shape index (κ2) is 4.83. The standard InChI is InChI=1S/C10H7Cl3O/c11-10(12,13)9(14)7-6-8-4-2-1-3-5-8/h1-7H. The fourth-order valence-corrected chi connectivity index (χ4v) is 1.02. The van der Waals surface area contributed by atoms with Crippen molar-refractivity contribution in [1.82, 2.24) is 0 Å². The number of ketones is 1. The Bertz CT molecular complexity index is 338. The van der Waals surface area contributed by atoms with Crippen LogP contribution in [-0.4, -0.2) is 9.58 Å². The maximum Gasteiger partial charge on any atom is 0.252 e. The first kappa shape index (κ1) is 11.6. The molecule has 0 N–H and O–H groups in total.